The van der Waals surface area contributed by atoms with Gasteiger partial charge in [-0.3, -0.25) is 14.6 Å². The van der Waals surface area contributed by atoms with Crippen LogP contribution in [0.2, 0.25) is 0 Å². The van der Waals surface area contributed by atoms with Crippen molar-refractivity contribution in [2.24, 2.45) is 0 Å². The maximum absolute atomic E-state index is 13.0. The Hall–Kier alpha value is -1.76. The van der Waals surface area contributed by atoms with Crippen LogP contribution in [0.5, 0.6) is 0 Å². The molecule has 192 valence electrons. The second kappa shape index (κ2) is 12.8. The van der Waals surface area contributed by atoms with Gasteiger partial charge >= 0.3 is 6.18 Å². The first-order chi connectivity index (χ1) is 16.3. The number of aliphatic hydroxyl groups is 1. The molecule has 1 aromatic carbocycles. The highest BCUT2D eigenvalue weighted by atomic mass is 19.4. The number of β-amino-alcohol motifs (C(OH)–C–C–N with tert-alkyl or cyclic N) is 1. The predicted octanol–water partition coefficient (Wildman–Crippen LogP) is 1.19. The van der Waals surface area contributed by atoms with Gasteiger partial charge in [0.2, 0.25) is 0 Å². The van der Waals surface area contributed by atoms with Gasteiger partial charge in [0.05, 0.1) is 44.2 Å². The quantitative estimate of drug-likeness (QED) is 0.529. The third-order valence-electron chi connectivity index (χ3n) is 6.00. The molecule has 1 amide bonds. The number of ether oxygens (including phenoxy) is 3. The predicted molar refractivity (Wildman–Crippen MR) is 119 cm³/mol. The SMILES string of the molecule is COCCN(C[C@H]1CN(C[C@@H](O)CN2CCOCC2)CCO1)C(=O)c1ccc(C(F)(F)F)cc1. The lowest BCUT2D eigenvalue weighted by atomic mass is 10.1. The average Bonchev–Trinajstić information content (AvgIpc) is 2.81. The zero-order valence-corrected chi connectivity index (χ0v) is 19.5. The van der Waals surface area contributed by atoms with Crippen molar-refractivity contribution in [1.82, 2.24) is 14.7 Å². The summed E-state index contributed by atoms with van der Waals surface area (Å²) in [6.07, 6.45) is -5.24. The van der Waals surface area contributed by atoms with E-state index in [9.17, 15) is 23.1 Å². The fourth-order valence-corrected chi connectivity index (χ4v) is 4.20. The molecular formula is C23H34F3N3O5. The number of halogens is 3. The summed E-state index contributed by atoms with van der Waals surface area (Å²) in [4.78, 5) is 18.9. The van der Waals surface area contributed by atoms with Crippen molar-refractivity contribution < 1.29 is 37.3 Å². The lowest BCUT2D eigenvalue weighted by Crippen LogP contribution is -2.52. The molecule has 0 spiro atoms. The third kappa shape index (κ3) is 8.17. The summed E-state index contributed by atoms with van der Waals surface area (Å²) in [5.74, 6) is -0.376. The Bertz CT molecular complexity index is 759. The van der Waals surface area contributed by atoms with Crippen LogP contribution in [0, 0.1) is 0 Å². The highest BCUT2D eigenvalue weighted by Crippen LogP contribution is 2.29. The van der Waals surface area contributed by atoms with Crippen molar-refractivity contribution in [2.45, 2.75) is 18.4 Å². The zero-order valence-electron chi connectivity index (χ0n) is 19.5. The van der Waals surface area contributed by atoms with Crippen LogP contribution < -0.4 is 0 Å². The van der Waals surface area contributed by atoms with Gasteiger partial charge in [0.15, 0.2) is 0 Å². The molecule has 0 saturated carbocycles. The fourth-order valence-electron chi connectivity index (χ4n) is 4.20. The monoisotopic (exact) mass is 489 g/mol. The van der Waals surface area contributed by atoms with E-state index in [4.69, 9.17) is 14.2 Å². The Morgan fingerprint density at radius 1 is 1.15 bits per heavy atom. The fraction of sp³-hybridized carbons (Fsp3) is 0.696. The number of nitrogens with zero attached hydrogens (tertiary/aromatic N) is 3. The van der Waals surface area contributed by atoms with Crippen LogP contribution in [-0.4, -0.2) is 124 Å². The number of methoxy groups -OCH3 is 1. The van der Waals surface area contributed by atoms with Crippen LogP contribution >= 0.6 is 0 Å². The molecule has 2 fully saturated rings. The molecular weight excluding hydrogens is 455 g/mol. The second-order valence-corrected chi connectivity index (χ2v) is 8.64. The van der Waals surface area contributed by atoms with Crippen LogP contribution in [0.25, 0.3) is 0 Å². The number of amides is 1. The minimum Gasteiger partial charge on any atom is -0.390 e. The van der Waals surface area contributed by atoms with E-state index in [1.165, 1.54) is 19.2 Å². The van der Waals surface area contributed by atoms with Crippen molar-refractivity contribution in [2.75, 3.05) is 85.9 Å². The molecule has 1 aromatic rings. The molecule has 2 saturated heterocycles. The minimum absolute atomic E-state index is 0.178. The van der Waals surface area contributed by atoms with Gasteiger partial charge in [-0.2, -0.15) is 13.2 Å². The number of hydrogen-bond acceptors (Lipinski definition) is 7. The molecule has 8 nitrogen and oxygen atoms in total. The lowest BCUT2D eigenvalue weighted by molar-refractivity contribution is -0.137. The molecule has 3 rings (SSSR count). The van der Waals surface area contributed by atoms with E-state index in [0.717, 1.165) is 25.2 Å². The van der Waals surface area contributed by atoms with Gasteiger partial charge in [0, 0.05) is 65.0 Å². The van der Waals surface area contributed by atoms with Crippen LogP contribution in [0.3, 0.4) is 0 Å². The van der Waals surface area contributed by atoms with Crippen LogP contribution in [-0.2, 0) is 20.4 Å². The summed E-state index contributed by atoms with van der Waals surface area (Å²) in [6.45, 7) is 6.61. The number of benzene rings is 1. The standard InChI is InChI=1S/C23H34F3N3O5/c1-32-10-9-29(22(31)18-2-4-19(5-3-18)23(24,25)26)17-21-16-28(8-13-34-21)15-20(30)14-27-6-11-33-12-7-27/h2-5,20-21,30H,6-17H2,1H3/t20-,21+/m0/s1. The molecule has 0 aromatic heterocycles. The average molecular weight is 490 g/mol. The highest BCUT2D eigenvalue weighted by Gasteiger charge is 2.31. The Morgan fingerprint density at radius 2 is 1.79 bits per heavy atom. The lowest BCUT2D eigenvalue weighted by Gasteiger charge is -2.37. The van der Waals surface area contributed by atoms with Crippen LogP contribution in [0.15, 0.2) is 24.3 Å². The van der Waals surface area contributed by atoms with E-state index in [0.29, 0.717) is 52.6 Å². The first-order valence-corrected chi connectivity index (χ1v) is 11.5. The normalized spacial score (nSPS) is 21.4. The smallest absolute Gasteiger partial charge is 0.390 e. The van der Waals surface area contributed by atoms with E-state index in [1.807, 2.05) is 0 Å². The number of aliphatic hydroxyl groups excluding tert-OH is 1. The molecule has 0 unspecified atom stereocenters. The highest BCUT2D eigenvalue weighted by molar-refractivity contribution is 5.94. The largest absolute Gasteiger partial charge is 0.416 e. The van der Waals surface area contributed by atoms with Gasteiger partial charge in [-0.15, -0.1) is 0 Å². The molecule has 0 radical (unpaired) electrons. The molecule has 1 N–H and O–H groups in total. The van der Waals surface area contributed by atoms with Gasteiger partial charge in [0.25, 0.3) is 5.91 Å². The maximum atomic E-state index is 13.0. The number of rotatable bonds is 10. The maximum Gasteiger partial charge on any atom is 0.416 e. The van der Waals surface area contributed by atoms with E-state index >= 15 is 0 Å². The van der Waals surface area contributed by atoms with Crippen molar-refractivity contribution in [3.05, 3.63) is 35.4 Å². The molecule has 0 bridgehead atoms. The van der Waals surface area contributed by atoms with Crippen molar-refractivity contribution in [3.63, 3.8) is 0 Å². The molecule has 0 aliphatic carbocycles. The molecule has 2 heterocycles. The second-order valence-electron chi connectivity index (χ2n) is 8.64. The Balaban J connectivity index is 1.56. The Morgan fingerprint density at radius 3 is 2.44 bits per heavy atom. The zero-order chi connectivity index (χ0) is 24.6. The molecule has 2 atom stereocenters. The van der Waals surface area contributed by atoms with E-state index < -0.39 is 17.8 Å². The molecule has 2 aliphatic heterocycles. The van der Waals surface area contributed by atoms with Gasteiger partial charge in [-0.25, -0.2) is 0 Å². The van der Waals surface area contributed by atoms with Crippen LogP contribution in [0.1, 0.15) is 15.9 Å². The minimum atomic E-state index is -4.46. The molecule has 2 aliphatic rings. The number of morpholine rings is 2. The number of carbonyl (C=O) groups is 1. The molecule has 11 heteroatoms. The van der Waals surface area contributed by atoms with E-state index in [1.54, 1.807) is 4.90 Å². The summed E-state index contributed by atoms with van der Waals surface area (Å²) < 4.78 is 54.9. The van der Waals surface area contributed by atoms with Gasteiger partial charge < -0.3 is 24.2 Å². The van der Waals surface area contributed by atoms with Gasteiger partial charge in [-0.1, -0.05) is 0 Å². The third-order valence-corrected chi connectivity index (χ3v) is 6.00. The summed E-state index contributed by atoms with van der Waals surface area (Å²) >= 11 is 0. The number of carbonyl (C=O) groups excluding carboxylic acids is 1. The first kappa shape index (κ1) is 26.8. The molecule has 34 heavy (non-hydrogen) atoms. The van der Waals surface area contributed by atoms with Crippen molar-refractivity contribution >= 4 is 5.91 Å². The van der Waals surface area contributed by atoms with Crippen LogP contribution in [0.4, 0.5) is 13.2 Å². The van der Waals surface area contributed by atoms with Crippen molar-refractivity contribution in [3.8, 4) is 0 Å². The summed E-state index contributed by atoms with van der Waals surface area (Å²) in [7, 11) is 1.52. The van der Waals surface area contributed by atoms with E-state index in [-0.39, 0.29) is 30.7 Å². The number of hydrogen-bond donors (Lipinski definition) is 1. The van der Waals surface area contributed by atoms with E-state index in [2.05, 4.69) is 9.80 Å². The summed E-state index contributed by atoms with van der Waals surface area (Å²) in [6, 6.07) is 4.22. The number of alkyl halides is 3. The van der Waals surface area contributed by atoms with Gasteiger partial charge in [-0.05, 0) is 24.3 Å². The van der Waals surface area contributed by atoms with Gasteiger partial charge in [0.1, 0.15) is 0 Å². The first-order valence-electron chi connectivity index (χ1n) is 11.5. The summed E-state index contributed by atoms with van der Waals surface area (Å²) in [5, 5.41) is 10.5. The Kier molecular flexibility index (Phi) is 10.1. The Labute approximate surface area is 198 Å². The topological polar surface area (TPSA) is 74.7 Å². The summed E-state index contributed by atoms with van der Waals surface area (Å²) in [5.41, 5.74) is -0.618. The van der Waals surface area contributed by atoms with Crippen molar-refractivity contribution in [1.29, 1.82) is 0 Å².